The van der Waals surface area contributed by atoms with Crippen molar-refractivity contribution in [3.63, 3.8) is 0 Å². The van der Waals surface area contributed by atoms with Gasteiger partial charge in [-0.05, 0) is 18.9 Å². The van der Waals surface area contributed by atoms with Crippen molar-refractivity contribution in [2.45, 2.75) is 25.8 Å². The lowest BCUT2D eigenvalue weighted by molar-refractivity contribution is -0.119. The molecule has 1 aromatic heterocycles. The van der Waals surface area contributed by atoms with E-state index in [-0.39, 0.29) is 11.9 Å². The summed E-state index contributed by atoms with van der Waals surface area (Å²) in [6, 6.07) is 3.98. The fourth-order valence-corrected chi connectivity index (χ4v) is 2.33. The number of piperidine rings is 1. The number of carbonyl (C=O) groups is 1. The Morgan fingerprint density at radius 2 is 2.26 bits per heavy atom. The number of hydrogen-bond acceptors (Lipinski definition) is 5. The third-order valence-corrected chi connectivity index (χ3v) is 3.21. The molecular weight excluding hydrogens is 242 g/mol. The van der Waals surface area contributed by atoms with E-state index < -0.39 is 0 Å². The zero-order valence-electron chi connectivity index (χ0n) is 10.9. The molecule has 3 N–H and O–H groups in total. The van der Waals surface area contributed by atoms with Crippen LogP contribution in [0.5, 0.6) is 0 Å². The second-order valence-corrected chi connectivity index (χ2v) is 4.71. The van der Waals surface area contributed by atoms with Crippen LogP contribution in [0.15, 0.2) is 12.3 Å². The fourth-order valence-electron chi connectivity index (χ4n) is 2.33. The highest BCUT2D eigenvalue weighted by Crippen LogP contribution is 2.22. The number of aromatic nitrogens is 1. The van der Waals surface area contributed by atoms with Crippen molar-refractivity contribution in [3.8, 4) is 6.07 Å². The summed E-state index contributed by atoms with van der Waals surface area (Å²) < 4.78 is 0. The van der Waals surface area contributed by atoms with Gasteiger partial charge in [-0.2, -0.15) is 5.26 Å². The van der Waals surface area contributed by atoms with E-state index in [1.54, 1.807) is 12.3 Å². The van der Waals surface area contributed by atoms with Gasteiger partial charge in [-0.25, -0.2) is 4.98 Å². The van der Waals surface area contributed by atoms with Crippen molar-refractivity contribution >= 4 is 17.4 Å². The molecule has 2 rings (SSSR count). The Morgan fingerprint density at radius 1 is 1.58 bits per heavy atom. The molecule has 0 atom stereocenters. The minimum atomic E-state index is 0.00164. The van der Waals surface area contributed by atoms with E-state index in [2.05, 4.69) is 21.3 Å². The topological polar surface area (TPSA) is 95.0 Å². The number of nitrogen functional groups attached to an aromatic ring is 1. The number of nitrogens with two attached hydrogens (primary N) is 1. The summed E-state index contributed by atoms with van der Waals surface area (Å²) in [4.78, 5) is 17.3. The molecule has 19 heavy (non-hydrogen) atoms. The second-order valence-electron chi connectivity index (χ2n) is 4.71. The Hall–Kier alpha value is -2.29. The molecule has 0 bridgehead atoms. The summed E-state index contributed by atoms with van der Waals surface area (Å²) in [7, 11) is 0. The lowest BCUT2D eigenvalue weighted by atomic mass is 10.0. The van der Waals surface area contributed by atoms with Crippen molar-refractivity contribution in [1.82, 2.24) is 10.3 Å². The zero-order valence-corrected chi connectivity index (χ0v) is 10.9. The van der Waals surface area contributed by atoms with Crippen molar-refractivity contribution in [2.75, 3.05) is 23.7 Å². The second kappa shape index (κ2) is 5.57. The van der Waals surface area contributed by atoms with Gasteiger partial charge in [0.15, 0.2) is 0 Å². The van der Waals surface area contributed by atoms with E-state index in [1.807, 2.05) is 0 Å². The Labute approximate surface area is 112 Å². The van der Waals surface area contributed by atoms with Crippen LogP contribution in [0, 0.1) is 11.3 Å². The van der Waals surface area contributed by atoms with Crippen LogP contribution in [-0.2, 0) is 4.79 Å². The maximum atomic E-state index is 11.0. The molecule has 1 aliphatic rings. The smallest absolute Gasteiger partial charge is 0.217 e. The lowest BCUT2D eigenvalue weighted by Gasteiger charge is -2.33. The summed E-state index contributed by atoms with van der Waals surface area (Å²) in [5.74, 6) is 0.680. The highest BCUT2D eigenvalue weighted by molar-refractivity contribution is 5.73. The maximum absolute atomic E-state index is 11.0. The van der Waals surface area contributed by atoms with Gasteiger partial charge in [0.05, 0.1) is 17.4 Å². The van der Waals surface area contributed by atoms with E-state index in [0.29, 0.717) is 17.1 Å². The number of nitriles is 1. The molecule has 1 fully saturated rings. The molecular formula is C13H17N5O. The first-order chi connectivity index (χ1) is 9.10. The van der Waals surface area contributed by atoms with Crippen LogP contribution in [0.1, 0.15) is 25.3 Å². The molecule has 0 unspecified atom stereocenters. The summed E-state index contributed by atoms with van der Waals surface area (Å²) in [5, 5.41) is 12.0. The molecule has 0 saturated carbocycles. The average Bonchev–Trinajstić information content (AvgIpc) is 2.39. The van der Waals surface area contributed by atoms with Crippen LogP contribution < -0.4 is 16.0 Å². The predicted octanol–water partition coefficient (Wildman–Crippen LogP) is 0.640. The molecule has 0 radical (unpaired) electrons. The van der Waals surface area contributed by atoms with Crippen LogP contribution in [0.4, 0.5) is 11.5 Å². The van der Waals surface area contributed by atoms with Gasteiger partial charge in [0.25, 0.3) is 0 Å². The summed E-state index contributed by atoms with van der Waals surface area (Å²) >= 11 is 0. The first kappa shape index (κ1) is 13.1. The Balaban J connectivity index is 2.06. The molecule has 0 aliphatic carbocycles. The molecule has 0 spiro atoms. The molecule has 100 valence electrons. The third kappa shape index (κ3) is 3.13. The first-order valence-corrected chi connectivity index (χ1v) is 6.28. The molecule has 1 aliphatic heterocycles. The van der Waals surface area contributed by atoms with Crippen LogP contribution in [0.3, 0.4) is 0 Å². The van der Waals surface area contributed by atoms with E-state index >= 15 is 0 Å². The largest absolute Gasteiger partial charge is 0.397 e. The molecule has 1 amide bonds. The number of rotatable bonds is 2. The van der Waals surface area contributed by atoms with Crippen LogP contribution in [-0.4, -0.2) is 30.0 Å². The molecule has 0 aromatic carbocycles. The molecule has 1 saturated heterocycles. The van der Waals surface area contributed by atoms with E-state index in [4.69, 9.17) is 11.0 Å². The number of amides is 1. The van der Waals surface area contributed by atoms with Crippen molar-refractivity contribution in [2.24, 2.45) is 0 Å². The Kier molecular flexibility index (Phi) is 3.85. The van der Waals surface area contributed by atoms with Crippen LogP contribution in [0.25, 0.3) is 0 Å². The van der Waals surface area contributed by atoms with Gasteiger partial charge < -0.3 is 16.0 Å². The van der Waals surface area contributed by atoms with Gasteiger partial charge in [-0.3, -0.25) is 4.79 Å². The quantitative estimate of drug-likeness (QED) is 0.812. The van der Waals surface area contributed by atoms with E-state index in [1.165, 1.54) is 6.92 Å². The minimum Gasteiger partial charge on any atom is -0.397 e. The predicted molar refractivity (Wildman–Crippen MR) is 72.4 cm³/mol. The molecule has 2 heterocycles. The Morgan fingerprint density at radius 3 is 2.84 bits per heavy atom. The van der Waals surface area contributed by atoms with Crippen LogP contribution in [0.2, 0.25) is 0 Å². The number of nitrogens with zero attached hydrogens (tertiary/aromatic N) is 3. The highest BCUT2D eigenvalue weighted by Gasteiger charge is 2.22. The van der Waals surface area contributed by atoms with Gasteiger partial charge in [0.2, 0.25) is 5.91 Å². The molecule has 6 nitrogen and oxygen atoms in total. The Bertz CT molecular complexity index is 514. The standard InChI is InChI=1S/C13H17N5O/c1-9(19)17-12-2-4-18(5-3-12)13-10(7-14)6-11(15)8-16-13/h6,8,12H,2-5,15H2,1H3,(H,17,19). The number of pyridine rings is 1. The zero-order chi connectivity index (χ0) is 13.8. The SMILES string of the molecule is CC(=O)NC1CCN(c2ncc(N)cc2C#N)CC1. The van der Waals surface area contributed by atoms with Gasteiger partial charge >= 0.3 is 0 Å². The third-order valence-electron chi connectivity index (χ3n) is 3.21. The average molecular weight is 259 g/mol. The van der Waals surface area contributed by atoms with Crippen molar-refractivity contribution < 1.29 is 4.79 Å². The van der Waals surface area contributed by atoms with Gasteiger partial charge in [-0.1, -0.05) is 0 Å². The number of anilines is 2. The highest BCUT2D eigenvalue weighted by atomic mass is 16.1. The number of hydrogen-bond donors (Lipinski definition) is 2. The fraction of sp³-hybridized carbons (Fsp3) is 0.462. The number of carbonyl (C=O) groups excluding carboxylic acids is 1. The summed E-state index contributed by atoms with van der Waals surface area (Å²) in [5.41, 5.74) is 6.62. The first-order valence-electron chi connectivity index (χ1n) is 6.28. The van der Waals surface area contributed by atoms with Gasteiger partial charge in [-0.15, -0.1) is 0 Å². The summed E-state index contributed by atoms with van der Waals surface area (Å²) in [6.07, 6.45) is 3.28. The maximum Gasteiger partial charge on any atom is 0.217 e. The number of nitrogens with one attached hydrogen (secondary N) is 1. The van der Waals surface area contributed by atoms with Crippen molar-refractivity contribution in [3.05, 3.63) is 17.8 Å². The van der Waals surface area contributed by atoms with E-state index in [9.17, 15) is 4.79 Å². The molecule has 1 aromatic rings. The van der Waals surface area contributed by atoms with Crippen LogP contribution >= 0.6 is 0 Å². The lowest BCUT2D eigenvalue weighted by Crippen LogP contribution is -2.44. The van der Waals surface area contributed by atoms with Crippen molar-refractivity contribution in [1.29, 1.82) is 5.26 Å². The molecule has 6 heteroatoms. The van der Waals surface area contributed by atoms with Gasteiger partial charge in [0, 0.05) is 26.1 Å². The normalized spacial score (nSPS) is 15.9. The monoisotopic (exact) mass is 259 g/mol. The minimum absolute atomic E-state index is 0.00164. The van der Waals surface area contributed by atoms with Gasteiger partial charge in [0.1, 0.15) is 11.9 Å². The van der Waals surface area contributed by atoms with E-state index in [0.717, 1.165) is 25.9 Å². The summed E-state index contributed by atoms with van der Waals surface area (Å²) in [6.45, 7) is 3.08.